The van der Waals surface area contributed by atoms with Crippen molar-refractivity contribution in [2.45, 2.75) is 26.1 Å². The van der Waals surface area contributed by atoms with Crippen LogP contribution in [0.25, 0.3) is 0 Å². The van der Waals surface area contributed by atoms with Gasteiger partial charge in [0.2, 0.25) is 5.75 Å². The van der Waals surface area contributed by atoms with Gasteiger partial charge in [-0.05, 0) is 36.8 Å². The summed E-state index contributed by atoms with van der Waals surface area (Å²) in [5.41, 5.74) is -1.05. The van der Waals surface area contributed by atoms with Gasteiger partial charge in [0.1, 0.15) is 23.7 Å². The molecule has 1 heterocycles. The Balaban J connectivity index is 2.10. The third-order valence-electron chi connectivity index (χ3n) is 4.78. The van der Waals surface area contributed by atoms with Crippen LogP contribution in [-0.2, 0) is 6.54 Å². The van der Waals surface area contributed by atoms with Crippen LogP contribution in [0.2, 0.25) is 0 Å². The first-order valence-electron chi connectivity index (χ1n) is 9.73. The molecule has 0 radical (unpaired) electrons. The average Bonchev–Trinajstić information content (AvgIpc) is 2.81. The molecule has 3 rings (SSSR count). The van der Waals surface area contributed by atoms with Crippen molar-refractivity contribution >= 4 is 0 Å². The molecule has 33 heavy (non-hydrogen) atoms. The quantitative estimate of drug-likeness (QED) is 0.474. The van der Waals surface area contributed by atoms with Crippen molar-refractivity contribution in [2.75, 3.05) is 14.2 Å². The summed E-state index contributed by atoms with van der Waals surface area (Å²) in [6.45, 7) is 1.25. The molecule has 0 aliphatic carbocycles. The average molecular weight is 459 g/mol. The van der Waals surface area contributed by atoms with Crippen molar-refractivity contribution in [3.8, 4) is 29.1 Å². The Labute approximate surface area is 187 Å². The summed E-state index contributed by atoms with van der Waals surface area (Å²) in [5.74, 6) is -0.345. The van der Waals surface area contributed by atoms with E-state index in [1.54, 1.807) is 30.3 Å². The van der Waals surface area contributed by atoms with E-state index in [4.69, 9.17) is 14.2 Å². The third-order valence-corrected chi connectivity index (χ3v) is 4.78. The molecule has 7 nitrogen and oxygen atoms in total. The molecule has 2 aromatic carbocycles. The highest BCUT2D eigenvalue weighted by Crippen LogP contribution is 2.39. The van der Waals surface area contributed by atoms with Gasteiger partial charge in [-0.2, -0.15) is 5.26 Å². The Hall–Kier alpha value is -4.00. The predicted octanol–water partition coefficient (Wildman–Crippen LogP) is 4.94. The minimum absolute atomic E-state index is 0.0881. The van der Waals surface area contributed by atoms with E-state index < -0.39 is 29.5 Å². The maximum Gasteiger partial charge on any atom is 0.297 e. The molecule has 0 fully saturated rings. The lowest BCUT2D eigenvalue weighted by molar-refractivity contribution is 0.151. The number of alkyl halides is 3. The maximum atomic E-state index is 14.2. The summed E-state index contributed by atoms with van der Waals surface area (Å²) >= 11 is 0. The summed E-state index contributed by atoms with van der Waals surface area (Å²) < 4.78 is 58.0. The largest absolute Gasteiger partial charge is 0.497 e. The number of hydrogen-bond acceptors (Lipinski definition) is 6. The fraction of sp³-hybridized carbons (Fsp3) is 0.261. The summed E-state index contributed by atoms with van der Waals surface area (Å²) in [4.78, 5) is 17.2. The zero-order valence-corrected chi connectivity index (χ0v) is 18.0. The minimum atomic E-state index is -2.91. The highest BCUT2D eigenvalue weighted by Gasteiger charge is 2.24. The smallest absolute Gasteiger partial charge is 0.297 e. The van der Waals surface area contributed by atoms with Gasteiger partial charge in [-0.15, -0.1) is 0 Å². The molecule has 0 amide bonds. The van der Waals surface area contributed by atoms with E-state index in [1.807, 2.05) is 0 Å². The van der Waals surface area contributed by atoms with E-state index in [1.165, 1.54) is 25.1 Å². The van der Waals surface area contributed by atoms with Gasteiger partial charge in [-0.1, -0.05) is 12.1 Å². The molecule has 0 aliphatic rings. The van der Waals surface area contributed by atoms with Gasteiger partial charge in [0.25, 0.3) is 12.0 Å². The van der Waals surface area contributed by atoms with E-state index in [0.717, 1.165) is 24.6 Å². The van der Waals surface area contributed by atoms with Gasteiger partial charge in [0.05, 0.1) is 32.7 Å². The van der Waals surface area contributed by atoms with Crippen LogP contribution in [0, 0.1) is 11.3 Å². The number of benzene rings is 2. The third kappa shape index (κ3) is 5.09. The van der Waals surface area contributed by atoms with E-state index >= 15 is 0 Å². The Kier molecular flexibility index (Phi) is 7.23. The number of aromatic nitrogens is 2. The first kappa shape index (κ1) is 23.7. The first-order valence-corrected chi connectivity index (χ1v) is 9.73. The number of ether oxygens (including phenoxy) is 3. The second kappa shape index (κ2) is 10.1. The van der Waals surface area contributed by atoms with Crippen molar-refractivity contribution in [1.82, 2.24) is 9.55 Å². The second-order valence-electron chi connectivity index (χ2n) is 6.97. The molecule has 172 valence electrons. The zero-order valence-electron chi connectivity index (χ0n) is 18.0. The molecule has 0 N–H and O–H groups in total. The van der Waals surface area contributed by atoms with Crippen LogP contribution in [0.5, 0.6) is 23.0 Å². The van der Waals surface area contributed by atoms with Crippen LogP contribution < -0.4 is 19.8 Å². The number of methoxy groups -OCH3 is 2. The van der Waals surface area contributed by atoms with Crippen LogP contribution in [0.4, 0.5) is 13.2 Å². The number of nitriles is 1. The van der Waals surface area contributed by atoms with E-state index in [0.29, 0.717) is 5.75 Å². The molecule has 0 saturated carbocycles. The molecule has 1 aromatic heterocycles. The molecule has 0 saturated heterocycles. The lowest BCUT2D eigenvalue weighted by atomic mass is 10.1. The molecule has 0 bridgehead atoms. The fourth-order valence-corrected chi connectivity index (χ4v) is 3.13. The monoisotopic (exact) mass is 459 g/mol. The zero-order chi connectivity index (χ0) is 24.1. The minimum Gasteiger partial charge on any atom is -0.497 e. The molecule has 0 spiro atoms. The molecular weight excluding hydrogens is 439 g/mol. The molecule has 1 unspecified atom stereocenters. The van der Waals surface area contributed by atoms with Crippen LogP contribution in [0.1, 0.15) is 41.9 Å². The second-order valence-corrected chi connectivity index (χ2v) is 6.97. The standard InChI is InChI=1S/C23H20F3N3O4/c1-13(24)19-21(33-18-9-15(22(25)26)8-16(10-27)20(18)32-3)23(30)29(12-28-19)11-14-4-6-17(31-2)7-5-14/h4-9,12-13,22H,11H2,1-3H3. The first-order chi connectivity index (χ1) is 15.8. The summed E-state index contributed by atoms with van der Waals surface area (Å²) in [7, 11) is 2.74. The Morgan fingerprint density at radius 3 is 2.33 bits per heavy atom. The van der Waals surface area contributed by atoms with Crippen molar-refractivity contribution < 1.29 is 27.4 Å². The van der Waals surface area contributed by atoms with Crippen LogP contribution in [-0.4, -0.2) is 23.8 Å². The Morgan fingerprint density at radius 1 is 1.09 bits per heavy atom. The van der Waals surface area contributed by atoms with Crippen molar-refractivity contribution in [3.63, 3.8) is 0 Å². The van der Waals surface area contributed by atoms with Crippen LogP contribution in [0.3, 0.4) is 0 Å². The summed E-state index contributed by atoms with van der Waals surface area (Å²) in [5, 5.41) is 9.31. The topological polar surface area (TPSA) is 86.4 Å². The van der Waals surface area contributed by atoms with Gasteiger partial charge < -0.3 is 14.2 Å². The van der Waals surface area contributed by atoms with Gasteiger partial charge in [0, 0.05) is 5.56 Å². The predicted molar refractivity (Wildman–Crippen MR) is 113 cm³/mol. The van der Waals surface area contributed by atoms with Crippen molar-refractivity contribution in [1.29, 1.82) is 5.26 Å². The molecule has 3 aromatic rings. The van der Waals surface area contributed by atoms with Gasteiger partial charge in [0.15, 0.2) is 11.5 Å². The lowest BCUT2D eigenvalue weighted by Crippen LogP contribution is -2.24. The Bertz CT molecular complexity index is 1240. The number of hydrogen-bond donors (Lipinski definition) is 0. The van der Waals surface area contributed by atoms with Crippen LogP contribution in [0.15, 0.2) is 47.5 Å². The molecule has 10 heteroatoms. The lowest BCUT2D eigenvalue weighted by Gasteiger charge is -2.17. The molecular formula is C23H20F3N3O4. The number of rotatable bonds is 8. The summed E-state index contributed by atoms with van der Waals surface area (Å²) in [6, 6.07) is 10.6. The van der Waals surface area contributed by atoms with Crippen molar-refractivity contribution in [2.24, 2.45) is 0 Å². The maximum absolute atomic E-state index is 14.2. The van der Waals surface area contributed by atoms with E-state index in [2.05, 4.69) is 4.98 Å². The highest BCUT2D eigenvalue weighted by molar-refractivity contribution is 5.56. The Morgan fingerprint density at radius 2 is 1.79 bits per heavy atom. The van der Waals surface area contributed by atoms with E-state index in [9.17, 15) is 23.2 Å². The molecule has 0 aliphatic heterocycles. The van der Waals surface area contributed by atoms with E-state index in [-0.39, 0.29) is 29.3 Å². The summed E-state index contributed by atoms with van der Waals surface area (Å²) in [6.07, 6.45) is -3.42. The van der Waals surface area contributed by atoms with Gasteiger partial charge in [-0.3, -0.25) is 9.36 Å². The number of halogens is 3. The fourth-order valence-electron chi connectivity index (χ4n) is 3.13. The number of nitrogens with zero attached hydrogens (tertiary/aromatic N) is 3. The van der Waals surface area contributed by atoms with Crippen LogP contribution >= 0.6 is 0 Å². The van der Waals surface area contributed by atoms with Gasteiger partial charge >= 0.3 is 0 Å². The van der Waals surface area contributed by atoms with Gasteiger partial charge in [-0.25, -0.2) is 18.2 Å². The SMILES string of the molecule is COc1ccc(Cn2cnc(C(C)F)c(Oc3cc(C(F)F)cc(C#N)c3OC)c2=O)cc1. The van der Waals surface area contributed by atoms with Crippen molar-refractivity contribution in [3.05, 3.63) is 75.5 Å². The molecule has 1 atom stereocenters. The normalized spacial score (nSPS) is 11.7. The highest BCUT2D eigenvalue weighted by atomic mass is 19.3.